The number of hydrogen-bond acceptors (Lipinski definition) is 13. The lowest BCUT2D eigenvalue weighted by Gasteiger charge is -2.46. The van der Waals surface area contributed by atoms with Gasteiger partial charge in [-0.3, -0.25) is 4.79 Å². The molecule has 70 heavy (non-hydrogen) atoms. The van der Waals surface area contributed by atoms with Crippen molar-refractivity contribution in [1.82, 2.24) is 5.32 Å². The van der Waals surface area contributed by atoms with E-state index in [2.05, 4.69) is 79.9 Å². The largest absolute Gasteiger partial charge is 0.394 e. The number of hydrogen-bond donors (Lipinski definition) is 9. The zero-order valence-corrected chi connectivity index (χ0v) is 43.2. The molecule has 1 amide bonds. The quantitative estimate of drug-likeness (QED) is 0.0208. The minimum atomic E-state index is -1.78. The number of carbonyl (C=O) groups is 1. The molecule has 12 atom stereocenters. The number of ether oxygens (including phenoxy) is 4. The fourth-order valence-electron chi connectivity index (χ4n) is 8.79. The number of amides is 1. The van der Waals surface area contributed by atoms with Gasteiger partial charge in [-0.05, 0) is 57.8 Å². The first-order valence-electron chi connectivity index (χ1n) is 27.5. The molecule has 14 nitrogen and oxygen atoms in total. The lowest BCUT2D eigenvalue weighted by atomic mass is 9.97. The van der Waals surface area contributed by atoms with Crippen molar-refractivity contribution in [3.8, 4) is 0 Å². The Labute approximate surface area is 422 Å². The number of nitrogens with one attached hydrogen (secondary N) is 1. The summed E-state index contributed by atoms with van der Waals surface area (Å²) in [4.78, 5) is 13.2. The molecule has 0 aliphatic carbocycles. The molecule has 2 fully saturated rings. The van der Waals surface area contributed by atoms with E-state index >= 15 is 0 Å². The minimum Gasteiger partial charge on any atom is -0.394 e. The van der Waals surface area contributed by atoms with E-state index in [9.17, 15) is 45.6 Å². The van der Waals surface area contributed by atoms with Gasteiger partial charge < -0.3 is 65.1 Å². The highest BCUT2D eigenvalue weighted by Crippen LogP contribution is 2.30. The van der Waals surface area contributed by atoms with Crippen molar-refractivity contribution in [2.24, 2.45) is 0 Å². The molecule has 2 aliphatic heterocycles. The fraction of sp³-hybridized carbons (Fsp3) is 0.804. The van der Waals surface area contributed by atoms with E-state index in [1.807, 2.05) is 0 Å². The molecule has 12 unspecified atom stereocenters. The van der Waals surface area contributed by atoms with Crippen LogP contribution in [0.4, 0.5) is 0 Å². The number of aliphatic hydroxyl groups excluding tert-OH is 8. The van der Waals surface area contributed by atoms with Gasteiger partial charge in [0, 0.05) is 6.42 Å². The van der Waals surface area contributed by atoms with Gasteiger partial charge in [-0.15, -0.1) is 0 Å². The summed E-state index contributed by atoms with van der Waals surface area (Å²) in [6.45, 7) is 2.70. The van der Waals surface area contributed by atoms with Crippen LogP contribution in [-0.2, 0) is 23.7 Å². The van der Waals surface area contributed by atoms with E-state index in [0.717, 1.165) is 89.9 Å². The fourth-order valence-corrected chi connectivity index (χ4v) is 8.79. The third-order valence-electron chi connectivity index (χ3n) is 13.2. The number of carbonyl (C=O) groups excluding carboxylic acids is 1. The van der Waals surface area contributed by atoms with Crippen molar-refractivity contribution in [1.29, 1.82) is 0 Å². The Kier molecular flexibility index (Phi) is 38.4. The summed E-state index contributed by atoms with van der Waals surface area (Å²) in [5, 5.41) is 86.8. The summed E-state index contributed by atoms with van der Waals surface area (Å²) >= 11 is 0. The monoisotopic (exact) mass is 994 g/mol. The highest BCUT2D eigenvalue weighted by Gasteiger charge is 2.51. The maximum atomic E-state index is 13.2. The Bertz CT molecular complexity index is 1410. The van der Waals surface area contributed by atoms with Gasteiger partial charge in [0.1, 0.15) is 48.8 Å². The van der Waals surface area contributed by atoms with Crippen LogP contribution in [-0.4, -0.2) is 140 Å². The minimum absolute atomic E-state index is 0.215. The number of aliphatic hydroxyl groups is 8. The Balaban J connectivity index is 1.69. The van der Waals surface area contributed by atoms with Crippen LogP contribution < -0.4 is 5.32 Å². The second-order valence-electron chi connectivity index (χ2n) is 19.3. The molecule has 2 saturated heterocycles. The van der Waals surface area contributed by atoms with Crippen LogP contribution in [0.1, 0.15) is 194 Å². The van der Waals surface area contributed by atoms with E-state index in [0.29, 0.717) is 12.8 Å². The van der Waals surface area contributed by atoms with Gasteiger partial charge in [0.2, 0.25) is 5.91 Å². The highest BCUT2D eigenvalue weighted by molar-refractivity contribution is 5.76. The van der Waals surface area contributed by atoms with Crippen LogP contribution in [0, 0.1) is 0 Å². The van der Waals surface area contributed by atoms with E-state index in [1.165, 1.54) is 77.0 Å². The van der Waals surface area contributed by atoms with Crippen LogP contribution in [0.15, 0.2) is 60.8 Å². The number of rotatable bonds is 42. The maximum absolute atomic E-state index is 13.2. The van der Waals surface area contributed by atoms with Crippen molar-refractivity contribution in [2.75, 3.05) is 19.8 Å². The lowest BCUT2D eigenvalue weighted by molar-refractivity contribution is -0.359. The molecule has 14 heteroatoms. The number of unbranched alkanes of at least 4 members (excludes halogenated alkanes) is 19. The molecule has 0 aromatic rings. The zero-order valence-electron chi connectivity index (χ0n) is 43.2. The Morgan fingerprint density at radius 2 is 0.986 bits per heavy atom. The number of allylic oxidation sites excluding steroid dienone is 10. The third-order valence-corrected chi connectivity index (χ3v) is 13.2. The Morgan fingerprint density at radius 1 is 0.529 bits per heavy atom. The van der Waals surface area contributed by atoms with E-state index in [4.69, 9.17) is 18.9 Å². The summed E-state index contributed by atoms with van der Waals surface area (Å²) < 4.78 is 22.7. The molecule has 2 rings (SSSR count). The highest BCUT2D eigenvalue weighted by atomic mass is 16.7. The van der Waals surface area contributed by atoms with Gasteiger partial charge in [-0.2, -0.15) is 0 Å². The average Bonchev–Trinajstić information content (AvgIpc) is 3.36. The molecule has 406 valence electrons. The second kappa shape index (κ2) is 42.1. The van der Waals surface area contributed by atoms with Gasteiger partial charge in [0.25, 0.3) is 0 Å². The summed E-state index contributed by atoms with van der Waals surface area (Å²) in [6.07, 6.45) is 35.3. The van der Waals surface area contributed by atoms with Gasteiger partial charge in [0.05, 0.1) is 32.0 Å². The lowest BCUT2D eigenvalue weighted by Crippen LogP contribution is -2.65. The molecule has 0 saturated carbocycles. The molecule has 2 heterocycles. The zero-order chi connectivity index (χ0) is 51.0. The van der Waals surface area contributed by atoms with E-state index in [1.54, 1.807) is 0 Å². The maximum Gasteiger partial charge on any atom is 0.220 e. The Hall–Kier alpha value is -2.31. The predicted octanol–water partition coefficient (Wildman–Crippen LogP) is 8.22. The van der Waals surface area contributed by atoms with Crippen molar-refractivity contribution < 1.29 is 64.6 Å². The molecule has 0 bridgehead atoms. The van der Waals surface area contributed by atoms with Crippen LogP contribution >= 0.6 is 0 Å². The van der Waals surface area contributed by atoms with Gasteiger partial charge in [0.15, 0.2) is 12.6 Å². The molecule has 0 radical (unpaired) electrons. The van der Waals surface area contributed by atoms with E-state index in [-0.39, 0.29) is 12.5 Å². The van der Waals surface area contributed by atoms with Crippen molar-refractivity contribution in [2.45, 2.75) is 267 Å². The van der Waals surface area contributed by atoms with Crippen LogP contribution in [0.25, 0.3) is 0 Å². The van der Waals surface area contributed by atoms with Crippen LogP contribution in [0.3, 0.4) is 0 Å². The van der Waals surface area contributed by atoms with Crippen LogP contribution in [0.2, 0.25) is 0 Å². The molecule has 0 aromatic carbocycles. The first-order valence-corrected chi connectivity index (χ1v) is 27.5. The van der Waals surface area contributed by atoms with Crippen molar-refractivity contribution >= 4 is 5.91 Å². The first-order chi connectivity index (χ1) is 34.1. The average molecular weight is 994 g/mol. The predicted molar refractivity (Wildman–Crippen MR) is 277 cm³/mol. The SMILES string of the molecule is CC/C=C\C/C=C\C/C=C\C/C=C\C/C=C\CCCCCCCCCCCCCC(=O)NC(COC1OC(CO)C(OC2OC(CO)C(O)C(O)C2O)C(O)C1O)C(O)CCCCCCCCCCC. The molecule has 0 spiro atoms. The molecule has 0 aromatic heterocycles. The second-order valence-corrected chi connectivity index (χ2v) is 19.3. The molecular weight excluding hydrogens is 895 g/mol. The van der Waals surface area contributed by atoms with Crippen molar-refractivity contribution in [3.05, 3.63) is 60.8 Å². The smallest absolute Gasteiger partial charge is 0.220 e. The first kappa shape index (κ1) is 63.8. The summed E-state index contributed by atoms with van der Waals surface area (Å²) in [7, 11) is 0. The van der Waals surface area contributed by atoms with Gasteiger partial charge >= 0.3 is 0 Å². The molecular formula is C56H99NO13. The topological polar surface area (TPSA) is 228 Å². The van der Waals surface area contributed by atoms with E-state index < -0.39 is 86.8 Å². The molecule has 2 aliphatic rings. The summed E-state index contributed by atoms with van der Waals surface area (Å²) in [5.74, 6) is -0.215. The molecule has 9 N–H and O–H groups in total. The van der Waals surface area contributed by atoms with Crippen LogP contribution in [0.5, 0.6) is 0 Å². The normalized spacial score (nSPS) is 26.4. The van der Waals surface area contributed by atoms with Gasteiger partial charge in [-0.1, -0.05) is 190 Å². The Morgan fingerprint density at radius 3 is 1.51 bits per heavy atom. The van der Waals surface area contributed by atoms with Crippen molar-refractivity contribution in [3.63, 3.8) is 0 Å². The summed E-state index contributed by atoms with van der Waals surface area (Å²) in [6, 6.07) is -0.830. The standard InChI is InChI=1S/C56H99NO13/c1-3-5-7-9-11-13-14-15-16-17-18-19-20-21-22-23-24-25-26-27-28-29-30-32-34-36-38-40-48(61)57-44(45(60)39-37-35-33-31-12-10-8-6-4-2)43-67-55-53(66)51(64)54(47(42-59)69-55)70-56-52(65)50(63)49(62)46(41-58)68-56/h5,7,11,13,15-16,18-19,21-22,44-47,49-56,58-60,62-66H,3-4,6,8-10,12,14,17,20,23-43H2,1-2H3,(H,57,61)/b7-5-,13-11-,16-15-,19-18-,22-21-. The summed E-state index contributed by atoms with van der Waals surface area (Å²) in [5.41, 5.74) is 0. The third kappa shape index (κ3) is 28.2. The van der Waals surface area contributed by atoms with Gasteiger partial charge in [-0.25, -0.2) is 0 Å².